The van der Waals surface area contributed by atoms with Crippen molar-refractivity contribution in [1.82, 2.24) is 0 Å². The second kappa shape index (κ2) is 3.09. The van der Waals surface area contributed by atoms with Crippen LogP contribution in [0, 0.1) is 0 Å². The van der Waals surface area contributed by atoms with Crippen LogP contribution in [0.1, 0.15) is 41.0 Å². The molecule has 0 aliphatic carbocycles. The van der Waals surface area contributed by atoms with E-state index in [0.717, 1.165) is 5.57 Å². The number of carboxylic acids is 1. The molecule has 0 aromatic rings. The number of rotatable bonds is 1. The molecule has 0 amide bonds. The van der Waals surface area contributed by atoms with Crippen molar-refractivity contribution < 1.29 is 14.6 Å². The summed E-state index contributed by atoms with van der Waals surface area (Å²) in [5.41, 5.74) is 0.609. The van der Waals surface area contributed by atoms with E-state index in [4.69, 9.17) is 9.84 Å². The van der Waals surface area contributed by atoms with Gasteiger partial charge < -0.3 is 9.84 Å². The number of aliphatic carboxylic acids is 1. The predicted octanol–water partition coefficient (Wildman–Crippen LogP) is 2.37. The lowest BCUT2D eigenvalue weighted by Gasteiger charge is -2.24. The zero-order valence-corrected chi connectivity index (χ0v) is 9.47. The van der Waals surface area contributed by atoms with E-state index >= 15 is 0 Å². The average molecular weight is 198 g/mol. The van der Waals surface area contributed by atoms with Crippen molar-refractivity contribution >= 4 is 5.97 Å². The van der Waals surface area contributed by atoms with Crippen LogP contribution in [0.15, 0.2) is 11.1 Å². The van der Waals surface area contributed by atoms with E-state index in [1.807, 2.05) is 27.7 Å². The smallest absolute Gasteiger partial charge is 0.331 e. The summed E-state index contributed by atoms with van der Waals surface area (Å²) in [7, 11) is 0. The van der Waals surface area contributed by atoms with Crippen LogP contribution in [0.5, 0.6) is 0 Å². The Balaban J connectivity index is 3.14. The van der Waals surface area contributed by atoms with Crippen LogP contribution >= 0.6 is 0 Å². The highest BCUT2D eigenvalue weighted by atomic mass is 16.5. The standard InChI is InChI=1S/C11H18O3/c1-7(9(12)13)8-6-10(2,3)14-11(8,4)5/h6H2,1-5H3,(H,12,13). The van der Waals surface area contributed by atoms with Crippen LogP contribution in [0.25, 0.3) is 0 Å². The molecular formula is C11H18O3. The van der Waals surface area contributed by atoms with Gasteiger partial charge in [-0.05, 0) is 40.2 Å². The van der Waals surface area contributed by atoms with Crippen LogP contribution in [0.2, 0.25) is 0 Å². The highest BCUT2D eigenvalue weighted by molar-refractivity contribution is 5.87. The maximum absolute atomic E-state index is 10.9. The molecule has 1 rings (SSSR count). The van der Waals surface area contributed by atoms with Gasteiger partial charge in [0, 0.05) is 12.0 Å². The van der Waals surface area contributed by atoms with Gasteiger partial charge in [-0.2, -0.15) is 0 Å². The fourth-order valence-corrected chi connectivity index (χ4v) is 2.14. The Hall–Kier alpha value is -0.830. The summed E-state index contributed by atoms with van der Waals surface area (Å²) >= 11 is 0. The Bertz CT molecular complexity index is 298. The van der Waals surface area contributed by atoms with Gasteiger partial charge in [0.1, 0.15) is 0 Å². The maximum atomic E-state index is 10.9. The highest BCUT2D eigenvalue weighted by Gasteiger charge is 2.43. The minimum Gasteiger partial charge on any atom is -0.478 e. The van der Waals surface area contributed by atoms with Crippen molar-refractivity contribution in [2.24, 2.45) is 0 Å². The van der Waals surface area contributed by atoms with Crippen molar-refractivity contribution in [2.75, 3.05) is 0 Å². The monoisotopic (exact) mass is 198 g/mol. The van der Waals surface area contributed by atoms with Crippen LogP contribution in [-0.2, 0) is 9.53 Å². The van der Waals surface area contributed by atoms with Gasteiger partial charge in [-0.15, -0.1) is 0 Å². The Morgan fingerprint density at radius 3 is 2.14 bits per heavy atom. The first kappa shape index (κ1) is 11.2. The lowest BCUT2D eigenvalue weighted by Crippen LogP contribution is -2.27. The third-order valence-corrected chi connectivity index (χ3v) is 2.63. The van der Waals surface area contributed by atoms with E-state index in [0.29, 0.717) is 12.0 Å². The number of hydrogen-bond donors (Lipinski definition) is 1. The van der Waals surface area contributed by atoms with E-state index in [1.54, 1.807) is 6.92 Å². The summed E-state index contributed by atoms with van der Waals surface area (Å²) in [6.07, 6.45) is 0.693. The van der Waals surface area contributed by atoms with Gasteiger partial charge in [0.05, 0.1) is 11.2 Å². The number of carbonyl (C=O) groups is 1. The Kier molecular flexibility index (Phi) is 2.48. The summed E-state index contributed by atoms with van der Waals surface area (Å²) in [5, 5.41) is 8.93. The van der Waals surface area contributed by atoms with Crippen molar-refractivity contribution in [3.8, 4) is 0 Å². The van der Waals surface area contributed by atoms with E-state index in [1.165, 1.54) is 0 Å². The molecule has 0 unspecified atom stereocenters. The van der Waals surface area contributed by atoms with E-state index in [2.05, 4.69) is 0 Å². The first-order chi connectivity index (χ1) is 6.16. The first-order valence-electron chi connectivity index (χ1n) is 4.79. The minimum absolute atomic E-state index is 0.254. The van der Waals surface area contributed by atoms with Gasteiger partial charge in [-0.25, -0.2) is 4.79 Å². The Labute approximate surface area is 84.8 Å². The van der Waals surface area contributed by atoms with Crippen LogP contribution < -0.4 is 0 Å². The molecule has 1 saturated heterocycles. The summed E-state index contributed by atoms with van der Waals surface area (Å²) in [5.74, 6) is -0.852. The van der Waals surface area contributed by atoms with E-state index < -0.39 is 11.6 Å². The molecule has 1 aliphatic rings. The van der Waals surface area contributed by atoms with Gasteiger partial charge in [0.2, 0.25) is 0 Å². The second-order valence-corrected chi connectivity index (χ2v) is 4.96. The van der Waals surface area contributed by atoms with Gasteiger partial charge in [-0.3, -0.25) is 0 Å². The fourth-order valence-electron chi connectivity index (χ4n) is 2.14. The van der Waals surface area contributed by atoms with Gasteiger partial charge in [0.25, 0.3) is 0 Å². The molecule has 1 N–H and O–H groups in total. The summed E-state index contributed by atoms with van der Waals surface area (Å²) in [4.78, 5) is 10.9. The predicted molar refractivity (Wildman–Crippen MR) is 54.2 cm³/mol. The van der Waals surface area contributed by atoms with Crippen LogP contribution in [0.4, 0.5) is 0 Å². The number of carboxylic acid groups (broad SMARTS) is 1. The lowest BCUT2D eigenvalue weighted by molar-refractivity contribution is -0.132. The largest absolute Gasteiger partial charge is 0.478 e. The molecular weight excluding hydrogens is 180 g/mol. The maximum Gasteiger partial charge on any atom is 0.331 e. The summed E-state index contributed by atoms with van der Waals surface area (Å²) < 4.78 is 5.80. The molecule has 3 heteroatoms. The molecule has 0 saturated carbocycles. The Morgan fingerprint density at radius 1 is 1.36 bits per heavy atom. The normalized spacial score (nSPS) is 27.5. The van der Waals surface area contributed by atoms with Crippen LogP contribution in [-0.4, -0.2) is 22.3 Å². The Morgan fingerprint density at radius 2 is 1.86 bits per heavy atom. The molecule has 1 aliphatic heterocycles. The third-order valence-electron chi connectivity index (χ3n) is 2.63. The summed E-state index contributed by atoms with van der Waals surface area (Å²) in [6, 6.07) is 0. The quantitative estimate of drug-likeness (QED) is 0.658. The third kappa shape index (κ3) is 1.98. The molecule has 0 bridgehead atoms. The molecule has 3 nitrogen and oxygen atoms in total. The fraction of sp³-hybridized carbons (Fsp3) is 0.727. The molecule has 14 heavy (non-hydrogen) atoms. The van der Waals surface area contributed by atoms with Crippen molar-refractivity contribution in [3.63, 3.8) is 0 Å². The molecule has 1 heterocycles. The molecule has 0 spiro atoms. The van der Waals surface area contributed by atoms with Gasteiger partial charge >= 0.3 is 5.97 Å². The molecule has 0 atom stereocenters. The zero-order chi connectivity index (χ0) is 11.1. The number of ether oxygens (including phenoxy) is 1. The van der Waals surface area contributed by atoms with Crippen molar-refractivity contribution in [3.05, 3.63) is 11.1 Å². The molecule has 0 radical (unpaired) electrons. The first-order valence-corrected chi connectivity index (χ1v) is 4.79. The topological polar surface area (TPSA) is 46.5 Å². The summed E-state index contributed by atoms with van der Waals surface area (Å²) in [6.45, 7) is 9.45. The molecule has 0 aromatic heterocycles. The molecule has 80 valence electrons. The minimum atomic E-state index is -0.852. The van der Waals surface area contributed by atoms with Crippen LogP contribution in [0.3, 0.4) is 0 Å². The SMILES string of the molecule is CC(C(=O)O)=C1CC(C)(C)OC1(C)C. The van der Waals surface area contributed by atoms with E-state index in [-0.39, 0.29) is 5.60 Å². The van der Waals surface area contributed by atoms with Crippen molar-refractivity contribution in [1.29, 1.82) is 0 Å². The highest BCUT2D eigenvalue weighted by Crippen LogP contribution is 2.42. The number of hydrogen-bond acceptors (Lipinski definition) is 2. The second-order valence-electron chi connectivity index (χ2n) is 4.96. The van der Waals surface area contributed by atoms with E-state index in [9.17, 15) is 4.79 Å². The lowest BCUT2D eigenvalue weighted by atomic mass is 9.90. The average Bonchev–Trinajstić information content (AvgIpc) is 2.17. The molecule has 0 aromatic carbocycles. The van der Waals surface area contributed by atoms with Gasteiger partial charge in [-0.1, -0.05) is 0 Å². The molecule has 1 fully saturated rings. The van der Waals surface area contributed by atoms with Crippen molar-refractivity contribution in [2.45, 2.75) is 52.2 Å². The zero-order valence-electron chi connectivity index (χ0n) is 9.47. The van der Waals surface area contributed by atoms with Gasteiger partial charge in [0.15, 0.2) is 0 Å².